The molecular weight excluding hydrogens is 396 g/mol. The van der Waals surface area contributed by atoms with Crippen LogP contribution in [0, 0.1) is 6.92 Å². The molecule has 0 radical (unpaired) electrons. The highest BCUT2D eigenvalue weighted by atomic mass is 35.5. The first-order valence-corrected chi connectivity index (χ1v) is 10.7. The van der Waals surface area contributed by atoms with Crippen LogP contribution < -0.4 is 5.32 Å². The predicted octanol–water partition coefficient (Wildman–Crippen LogP) is 4.43. The third kappa shape index (κ3) is 5.30. The van der Waals surface area contributed by atoms with E-state index in [9.17, 15) is 9.00 Å². The molecule has 2 atom stereocenters. The smallest absolute Gasteiger partial charge is 0.233 e. The zero-order valence-corrected chi connectivity index (χ0v) is 17.2. The normalized spacial score (nSPS) is 13.1. The Hall–Kier alpha value is -2.44. The Kier molecular flexibility index (Phi) is 6.65. The number of amides is 1. The molecule has 1 N–H and O–H groups in total. The molecule has 1 aromatic heterocycles. The number of oxazole rings is 1. The Bertz CT molecular complexity index is 971. The van der Waals surface area contributed by atoms with Gasteiger partial charge in [-0.15, -0.1) is 0 Å². The Morgan fingerprint density at radius 1 is 1.18 bits per heavy atom. The first kappa shape index (κ1) is 20.3. The zero-order valence-electron chi connectivity index (χ0n) is 15.6. The fourth-order valence-corrected chi connectivity index (χ4v) is 3.91. The van der Waals surface area contributed by atoms with Crippen molar-refractivity contribution < 1.29 is 13.4 Å². The first-order chi connectivity index (χ1) is 13.4. The molecule has 0 aliphatic rings. The minimum absolute atomic E-state index is 0.0836. The fourth-order valence-electron chi connectivity index (χ4n) is 2.74. The number of carbonyl (C=O) groups is 1. The Balaban J connectivity index is 1.59. The summed E-state index contributed by atoms with van der Waals surface area (Å²) in [5, 5.41) is 3.50. The third-order valence-corrected chi connectivity index (χ3v) is 5.68. The van der Waals surface area contributed by atoms with Crippen LogP contribution in [0.25, 0.3) is 11.5 Å². The molecule has 0 bridgehead atoms. The molecule has 5 nitrogen and oxygen atoms in total. The maximum atomic E-state index is 12.4. The van der Waals surface area contributed by atoms with Crippen molar-refractivity contribution >= 4 is 28.3 Å². The minimum atomic E-state index is -1.39. The van der Waals surface area contributed by atoms with E-state index < -0.39 is 10.8 Å². The van der Waals surface area contributed by atoms with Gasteiger partial charge in [-0.25, -0.2) is 4.98 Å². The molecule has 0 fully saturated rings. The van der Waals surface area contributed by atoms with Crippen molar-refractivity contribution in [2.45, 2.75) is 25.6 Å². The molecule has 0 aliphatic carbocycles. The monoisotopic (exact) mass is 416 g/mol. The highest BCUT2D eigenvalue weighted by molar-refractivity contribution is 7.84. The van der Waals surface area contributed by atoms with Crippen LogP contribution in [0.5, 0.6) is 0 Å². The molecule has 0 spiro atoms. The average Bonchev–Trinajstić information content (AvgIpc) is 3.03. The second kappa shape index (κ2) is 9.17. The van der Waals surface area contributed by atoms with Crippen LogP contribution in [-0.2, 0) is 21.3 Å². The van der Waals surface area contributed by atoms with Crippen LogP contribution in [0.3, 0.4) is 0 Å². The first-order valence-electron chi connectivity index (χ1n) is 8.84. The number of aromatic nitrogens is 1. The van der Waals surface area contributed by atoms with Crippen molar-refractivity contribution in [3.8, 4) is 11.5 Å². The summed E-state index contributed by atoms with van der Waals surface area (Å²) in [5.74, 6) is 0.865. The SMILES string of the molecule is Cc1oc(-c2ccc(Cl)cc2)nc1C[S@](=O)CC(=O)N[C@@H](C)c1ccccc1. The molecule has 2 aromatic carbocycles. The van der Waals surface area contributed by atoms with Crippen molar-refractivity contribution in [2.24, 2.45) is 0 Å². The van der Waals surface area contributed by atoms with Gasteiger partial charge in [0.15, 0.2) is 0 Å². The highest BCUT2D eigenvalue weighted by Crippen LogP contribution is 2.24. The van der Waals surface area contributed by atoms with E-state index in [4.69, 9.17) is 16.0 Å². The molecule has 3 rings (SSSR count). The molecule has 3 aromatic rings. The maximum absolute atomic E-state index is 12.4. The van der Waals surface area contributed by atoms with Crippen LogP contribution in [0.2, 0.25) is 5.02 Å². The van der Waals surface area contributed by atoms with E-state index >= 15 is 0 Å². The number of benzene rings is 2. The van der Waals surface area contributed by atoms with Crippen LogP contribution in [0.1, 0.15) is 30.0 Å². The number of carbonyl (C=O) groups excluding carboxylic acids is 1. The second-order valence-corrected chi connectivity index (χ2v) is 8.35. The van der Waals surface area contributed by atoms with Crippen molar-refractivity contribution in [3.63, 3.8) is 0 Å². The summed E-state index contributed by atoms with van der Waals surface area (Å²) in [6, 6.07) is 16.6. The second-order valence-electron chi connectivity index (χ2n) is 6.46. The molecule has 1 heterocycles. The lowest BCUT2D eigenvalue weighted by atomic mass is 10.1. The Morgan fingerprint density at radius 3 is 2.54 bits per heavy atom. The lowest BCUT2D eigenvalue weighted by molar-refractivity contribution is -0.119. The number of hydrogen-bond donors (Lipinski definition) is 1. The molecule has 0 saturated carbocycles. The molecule has 0 aliphatic heterocycles. The van der Waals surface area contributed by atoms with Gasteiger partial charge in [-0.05, 0) is 43.7 Å². The van der Waals surface area contributed by atoms with Crippen LogP contribution in [-0.4, -0.2) is 20.9 Å². The van der Waals surface area contributed by atoms with E-state index in [1.54, 1.807) is 19.1 Å². The van der Waals surface area contributed by atoms with Gasteiger partial charge in [0.05, 0.1) is 17.5 Å². The summed E-state index contributed by atoms with van der Waals surface area (Å²) in [6.45, 7) is 3.67. The van der Waals surface area contributed by atoms with Gasteiger partial charge < -0.3 is 9.73 Å². The van der Waals surface area contributed by atoms with Gasteiger partial charge in [0, 0.05) is 21.4 Å². The fraction of sp³-hybridized carbons (Fsp3) is 0.238. The number of nitrogens with one attached hydrogen (secondary N) is 1. The Labute approximate surface area is 171 Å². The summed E-state index contributed by atoms with van der Waals surface area (Å²) in [6.07, 6.45) is 0. The molecule has 1 amide bonds. The van der Waals surface area contributed by atoms with Crippen LogP contribution >= 0.6 is 11.6 Å². The molecule has 0 unspecified atom stereocenters. The van der Waals surface area contributed by atoms with E-state index in [-0.39, 0.29) is 23.5 Å². The lowest BCUT2D eigenvalue weighted by Crippen LogP contribution is -2.31. The van der Waals surface area contributed by atoms with Crippen molar-refractivity contribution in [2.75, 3.05) is 5.75 Å². The largest absolute Gasteiger partial charge is 0.441 e. The lowest BCUT2D eigenvalue weighted by Gasteiger charge is -2.13. The topological polar surface area (TPSA) is 72.2 Å². The summed E-state index contributed by atoms with van der Waals surface area (Å²) in [5.41, 5.74) is 2.38. The van der Waals surface area contributed by atoms with Gasteiger partial charge in [-0.1, -0.05) is 41.9 Å². The summed E-state index contributed by atoms with van der Waals surface area (Å²) < 4.78 is 18.1. The molecule has 146 valence electrons. The quantitative estimate of drug-likeness (QED) is 0.618. The number of halogens is 1. The molecule has 28 heavy (non-hydrogen) atoms. The van der Waals surface area contributed by atoms with Crippen molar-refractivity contribution in [1.82, 2.24) is 10.3 Å². The summed E-state index contributed by atoms with van der Waals surface area (Å²) in [7, 11) is -1.39. The zero-order chi connectivity index (χ0) is 20.1. The summed E-state index contributed by atoms with van der Waals surface area (Å²) in [4.78, 5) is 16.6. The van der Waals surface area contributed by atoms with Crippen LogP contribution in [0.4, 0.5) is 0 Å². The standard InChI is InChI=1S/C21H21ClN2O3S/c1-14(16-6-4-3-5-7-16)23-20(25)13-28(26)12-19-15(2)27-21(24-19)17-8-10-18(22)11-9-17/h3-11,14H,12-13H2,1-2H3,(H,23,25)/t14-,28-/m0/s1. The van der Waals surface area contributed by atoms with Gasteiger partial charge in [-0.3, -0.25) is 9.00 Å². The van der Waals surface area contributed by atoms with E-state index in [1.165, 1.54) is 0 Å². The van der Waals surface area contributed by atoms with E-state index in [2.05, 4.69) is 10.3 Å². The molecule has 0 saturated heterocycles. The molecular formula is C21H21ClN2O3S. The number of nitrogens with zero attached hydrogens (tertiary/aromatic N) is 1. The Morgan fingerprint density at radius 2 is 1.86 bits per heavy atom. The van der Waals surface area contributed by atoms with E-state index in [1.807, 2.05) is 49.4 Å². The van der Waals surface area contributed by atoms with Gasteiger partial charge in [0.2, 0.25) is 11.8 Å². The molecule has 7 heteroatoms. The third-order valence-electron chi connectivity index (χ3n) is 4.25. The number of aryl methyl sites for hydroxylation is 1. The van der Waals surface area contributed by atoms with E-state index in [0.29, 0.717) is 22.4 Å². The van der Waals surface area contributed by atoms with Gasteiger partial charge in [0.25, 0.3) is 0 Å². The van der Waals surface area contributed by atoms with E-state index in [0.717, 1.165) is 11.1 Å². The van der Waals surface area contributed by atoms with Crippen molar-refractivity contribution in [3.05, 3.63) is 76.6 Å². The van der Waals surface area contributed by atoms with Gasteiger partial charge in [0.1, 0.15) is 11.5 Å². The van der Waals surface area contributed by atoms with Crippen LogP contribution in [0.15, 0.2) is 59.0 Å². The maximum Gasteiger partial charge on any atom is 0.233 e. The summed E-state index contributed by atoms with van der Waals surface area (Å²) >= 11 is 5.90. The average molecular weight is 417 g/mol. The van der Waals surface area contributed by atoms with Crippen molar-refractivity contribution in [1.29, 1.82) is 0 Å². The van der Waals surface area contributed by atoms with Gasteiger partial charge >= 0.3 is 0 Å². The van der Waals surface area contributed by atoms with Gasteiger partial charge in [-0.2, -0.15) is 0 Å². The minimum Gasteiger partial charge on any atom is -0.441 e. The highest BCUT2D eigenvalue weighted by Gasteiger charge is 2.17. The number of rotatable bonds is 7. The number of hydrogen-bond acceptors (Lipinski definition) is 4. The predicted molar refractivity (Wildman–Crippen MR) is 111 cm³/mol.